The van der Waals surface area contributed by atoms with Crippen LogP contribution < -0.4 is 16.7 Å². The molecule has 0 spiro atoms. The van der Waals surface area contributed by atoms with Crippen LogP contribution in [-0.2, 0) is 9.36 Å². The number of amides is 2. The lowest BCUT2D eigenvalue weighted by Crippen LogP contribution is -2.60. The molecule has 0 aromatic heterocycles. The summed E-state index contributed by atoms with van der Waals surface area (Å²) in [7, 11) is -3.02. The number of hydrazine groups is 1. The molecule has 0 saturated carbocycles. The Bertz CT molecular complexity index is 679. The van der Waals surface area contributed by atoms with Crippen LogP contribution in [0.25, 0.3) is 0 Å². The Morgan fingerprint density at radius 2 is 2.00 bits per heavy atom. The Morgan fingerprint density at radius 3 is 2.57 bits per heavy atom. The van der Waals surface area contributed by atoms with Gasteiger partial charge in [-0.15, -0.1) is 0 Å². The maximum Gasteiger partial charge on any atom is 0.269 e. The lowest BCUT2D eigenvalue weighted by molar-refractivity contribution is -0.384. The molecule has 23 heavy (non-hydrogen) atoms. The third-order valence-corrected chi connectivity index (χ3v) is 5.31. The molecule has 2 rings (SSSR count). The number of nitrogens with zero attached hydrogens (tertiary/aromatic N) is 2. The number of hydrogen-bond donors (Lipinski definition) is 3. The molecule has 0 aliphatic carbocycles. The molecule has 1 unspecified atom stereocenters. The zero-order valence-electron chi connectivity index (χ0n) is 12.0. The molecule has 124 valence electrons. The van der Waals surface area contributed by atoms with Gasteiger partial charge in [-0.25, -0.2) is 5.84 Å². The van der Waals surface area contributed by atoms with Crippen LogP contribution in [0.2, 0.25) is 0 Å². The van der Waals surface area contributed by atoms with Crippen LogP contribution >= 0.6 is 7.95 Å². The van der Waals surface area contributed by atoms with E-state index in [1.165, 1.54) is 12.1 Å². The van der Waals surface area contributed by atoms with E-state index < -0.39 is 30.0 Å². The van der Waals surface area contributed by atoms with Crippen molar-refractivity contribution in [2.75, 3.05) is 6.54 Å². The highest BCUT2D eigenvalue weighted by Gasteiger charge is 2.45. The fourth-order valence-electron chi connectivity index (χ4n) is 2.22. The summed E-state index contributed by atoms with van der Waals surface area (Å²) in [5.41, 5.74) is 5.78. The standard InChI is InChI=1S/C12H16N5O5P/c13-12(6-1-7-16(14)11(12)19)23(22)15-10(18)8-2-4-9(5-3-8)17(20)21/h2-5,23H,1,6-7,13-14H2,(H,15,18,22)/t12-/m0/s1. The van der Waals surface area contributed by atoms with Gasteiger partial charge in [0.1, 0.15) is 0 Å². The van der Waals surface area contributed by atoms with Gasteiger partial charge >= 0.3 is 0 Å². The summed E-state index contributed by atoms with van der Waals surface area (Å²) in [6, 6.07) is 4.75. The molecular weight excluding hydrogens is 325 g/mol. The number of benzene rings is 1. The van der Waals surface area contributed by atoms with Crippen molar-refractivity contribution in [3.8, 4) is 0 Å². The highest BCUT2D eigenvalue weighted by Crippen LogP contribution is 2.38. The summed E-state index contributed by atoms with van der Waals surface area (Å²) in [5.74, 6) is 4.07. The average Bonchev–Trinajstić information content (AvgIpc) is 2.52. The zero-order valence-corrected chi connectivity index (χ0v) is 13.0. The fraction of sp³-hybridized carbons (Fsp3) is 0.333. The van der Waals surface area contributed by atoms with Crippen molar-refractivity contribution in [3.05, 3.63) is 39.9 Å². The van der Waals surface area contributed by atoms with Crippen LogP contribution in [0.1, 0.15) is 23.2 Å². The molecule has 5 N–H and O–H groups in total. The van der Waals surface area contributed by atoms with Crippen molar-refractivity contribution < 1.29 is 19.1 Å². The van der Waals surface area contributed by atoms with Gasteiger partial charge in [0.15, 0.2) is 13.2 Å². The van der Waals surface area contributed by atoms with Crippen molar-refractivity contribution in [2.45, 2.75) is 18.1 Å². The molecular formula is C12H16N5O5P. The normalized spacial score (nSPS) is 22.5. The first kappa shape index (κ1) is 17.1. The number of non-ortho nitro benzene ring substituents is 1. The lowest BCUT2D eigenvalue weighted by Gasteiger charge is -2.35. The first-order valence-corrected chi connectivity index (χ1v) is 8.12. The topological polar surface area (TPSA) is 162 Å². The van der Waals surface area contributed by atoms with E-state index in [9.17, 15) is 24.3 Å². The van der Waals surface area contributed by atoms with Crippen LogP contribution in [0, 0.1) is 10.1 Å². The first-order chi connectivity index (χ1) is 10.8. The van der Waals surface area contributed by atoms with E-state index >= 15 is 0 Å². The Balaban J connectivity index is 2.11. The Morgan fingerprint density at radius 1 is 1.39 bits per heavy atom. The quantitative estimate of drug-likeness (QED) is 0.227. The summed E-state index contributed by atoms with van der Waals surface area (Å²) < 4.78 is 12.4. The number of nitrogens with two attached hydrogens (primary N) is 2. The zero-order chi connectivity index (χ0) is 17.2. The van der Waals surface area contributed by atoms with Gasteiger partial charge in [0.05, 0.1) is 4.92 Å². The van der Waals surface area contributed by atoms with Crippen LogP contribution in [0.3, 0.4) is 0 Å². The average molecular weight is 341 g/mol. The van der Waals surface area contributed by atoms with Crippen molar-refractivity contribution in [2.24, 2.45) is 11.6 Å². The van der Waals surface area contributed by atoms with Gasteiger partial charge < -0.3 is 15.4 Å². The molecule has 1 heterocycles. The van der Waals surface area contributed by atoms with Crippen LogP contribution in [0.15, 0.2) is 24.3 Å². The molecule has 1 aromatic carbocycles. The third kappa shape index (κ3) is 3.39. The van der Waals surface area contributed by atoms with E-state index in [0.29, 0.717) is 13.0 Å². The summed E-state index contributed by atoms with van der Waals surface area (Å²) >= 11 is 0. The molecule has 0 radical (unpaired) electrons. The number of rotatable bonds is 4. The second kappa shape index (κ2) is 6.45. The molecule has 10 nitrogen and oxygen atoms in total. The second-order valence-corrected chi connectivity index (χ2v) is 6.96. The van der Waals surface area contributed by atoms with Crippen LogP contribution in [-0.4, -0.2) is 33.6 Å². The van der Waals surface area contributed by atoms with Gasteiger partial charge in [-0.1, -0.05) is 0 Å². The summed E-state index contributed by atoms with van der Waals surface area (Å²) in [6.45, 7) is 0.309. The van der Waals surface area contributed by atoms with E-state index in [-0.39, 0.29) is 17.7 Å². The van der Waals surface area contributed by atoms with Crippen LogP contribution in [0.5, 0.6) is 0 Å². The molecule has 1 aliphatic rings. The maximum atomic E-state index is 12.4. The summed E-state index contributed by atoms with van der Waals surface area (Å²) in [5, 5.41) is 12.0. The fourth-order valence-corrected chi connectivity index (χ4v) is 3.54. The van der Waals surface area contributed by atoms with E-state index in [1.54, 1.807) is 0 Å². The minimum absolute atomic E-state index is 0.0745. The predicted molar refractivity (Wildman–Crippen MR) is 81.6 cm³/mol. The second-order valence-electron chi connectivity index (χ2n) is 5.16. The largest absolute Gasteiger partial charge is 0.310 e. The number of carbonyl (C=O) groups is 2. The molecule has 1 saturated heterocycles. The van der Waals surface area contributed by atoms with E-state index in [0.717, 1.165) is 17.1 Å². The predicted octanol–water partition coefficient (Wildman–Crippen LogP) is -0.0496. The van der Waals surface area contributed by atoms with Gasteiger partial charge in [-0.05, 0) is 25.0 Å². The van der Waals surface area contributed by atoms with Crippen molar-refractivity contribution in [1.82, 2.24) is 10.1 Å². The van der Waals surface area contributed by atoms with Gasteiger partial charge in [0.2, 0.25) is 0 Å². The Hall–Kier alpha value is -2.29. The van der Waals surface area contributed by atoms with Gasteiger partial charge in [0, 0.05) is 24.2 Å². The first-order valence-electron chi connectivity index (χ1n) is 6.71. The molecule has 0 bridgehead atoms. The van der Waals surface area contributed by atoms with E-state index in [2.05, 4.69) is 5.09 Å². The van der Waals surface area contributed by atoms with E-state index in [1.807, 2.05) is 0 Å². The van der Waals surface area contributed by atoms with Gasteiger partial charge in [-0.3, -0.25) is 24.7 Å². The number of nitro benzene ring substituents is 1. The molecule has 11 heteroatoms. The van der Waals surface area contributed by atoms with Gasteiger partial charge in [-0.2, -0.15) is 0 Å². The Labute approximate surface area is 131 Å². The molecule has 1 aliphatic heterocycles. The lowest BCUT2D eigenvalue weighted by atomic mass is 10.1. The summed E-state index contributed by atoms with van der Waals surface area (Å²) in [4.78, 5) is 34.0. The monoisotopic (exact) mass is 341 g/mol. The minimum atomic E-state index is -3.02. The smallest absolute Gasteiger partial charge is 0.269 e. The number of nitrogens with one attached hydrogen (secondary N) is 1. The minimum Gasteiger partial charge on any atom is -0.310 e. The molecule has 2 atom stereocenters. The number of piperidine rings is 1. The number of nitro groups is 1. The maximum absolute atomic E-state index is 12.4. The van der Waals surface area contributed by atoms with Gasteiger partial charge in [0.25, 0.3) is 17.5 Å². The van der Waals surface area contributed by atoms with Crippen molar-refractivity contribution >= 4 is 25.5 Å². The number of hydrogen-bond acceptors (Lipinski definition) is 7. The Kier molecular flexibility index (Phi) is 4.79. The molecule has 1 fully saturated rings. The molecule has 1 aromatic rings. The highest BCUT2D eigenvalue weighted by molar-refractivity contribution is 7.46. The van der Waals surface area contributed by atoms with E-state index in [4.69, 9.17) is 11.6 Å². The SMILES string of the molecule is NN1CCC[C@](N)([PH](=O)NC(=O)c2ccc([N+](=O)[O-])cc2)C1=O. The van der Waals surface area contributed by atoms with Crippen LogP contribution in [0.4, 0.5) is 5.69 Å². The highest BCUT2D eigenvalue weighted by atomic mass is 31.1. The molecule has 2 amide bonds. The van der Waals surface area contributed by atoms with Crippen molar-refractivity contribution in [1.29, 1.82) is 0 Å². The van der Waals surface area contributed by atoms with Crippen molar-refractivity contribution in [3.63, 3.8) is 0 Å². The summed E-state index contributed by atoms with van der Waals surface area (Å²) in [6.07, 6.45) is 0.625. The number of carbonyl (C=O) groups excluding carboxylic acids is 2. The third-order valence-electron chi connectivity index (χ3n) is 3.59.